The Bertz CT molecular complexity index is 916. The SMILES string of the molecule is COc1ccc(N2CC(CCN3CCC(Cc4cc(Cl)ccc4Br)CC3)COC2=O)cc1. The lowest BCUT2D eigenvalue weighted by Crippen LogP contribution is -2.44. The van der Waals surface area contributed by atoms with Crippen LogP contribution in [0.15, 0.2) is 46.9 Å². The van der Waals surface area contributed by atoms with Crippen molar-refractivity contribution < 1.29 is 14.3 Å². The maximum atomic E-state index is 12.3. The molecule has 2 aliphatic heterocycles. The van der Waals surface area contributed by atoms with E-state index in [1.54, 1.807) is 12.0 Å². The van der Waals surface area contributed by atoms with Gasteiger partial charge in [0, 0.05) is 27.6 Å². The lowest BCUT2D eigenvalue weighted by atomic mass is 9.90. The number of carbonyl (C=O) groups is 1. The Kier molecular flexibility index (Phi) is 7.98. The minimum atomic E-state index is -0.264. The van der Waals surface area contributed by atoms with Crippen LogP contribution in [-0.4, -0.2) is 50.9 Å². The van der Waals surface area contributed by atoms with E-state index in [0.717, 1.165) is 53.4 Å². The van der Waals surface area contributed by atoms with Crippen LogP contribution < -0.4 is 9.64 Å². The highest BCUT2D eigenvalue weighted by Crippen LogP contribution is 2.29. The van der Waals surface area contributed by atoms with Gasteiger partial charge in [0.2, 0.25) is 0 Å². The second-order valence-corrected chi connectivity index (χ2v) is 10.1. The lowest BCUT2D eigenvalue weighted by molar-refractivity contribution is 0.103. The molecule has 2 aromatic rings. The van der Waals surface area contributed by atoms with Crippen LogP contribution in [0.25, 0.3) is 0 Å². The number of rotatable bonds is 7. The van der Waals surface area contributed by atoms with E-state index in [9.17, 15) is 4.79 Å². The predicted molar refractivity (Wildman–Crippen MR) is 132 cm³/mol. The van der Waals surface area contributed by atoms with Crippen LogP contribution in [0, 0.1) is 11.8 Å². The van der Waals surface area contributed by atoms with E-state index >= 15 is 0 Å². The highest BCUT2D eigenvalue weighted by atomic mass is 79.9. The Balaban J connectivity index is 1.23. The van der Waals surface area contributed by atoms with Crippen LogP contribution in [0.4, 0.5) is 10.5 Å². The van der Waals surface area contributed by atoms with E-state index < -0.39 is 0 Å². The maximum Gasteiger partial charge on any atom is 0.414 e. The van der Waals surface area contributed by atoms with Crippen molar-refractivity contribution in [2.45, 2.75) is 25.7 Å². The number of ether oxygens (including phenoxy) is 2. The summed E-state index contributed by atoms with van der Waals surface area (Å²) >= 11 is 9.83. The fourth-order valence-corrected chi connectivity index (χ4v) is 5.19. The van der Waals surface area contributed by atoms with E-state index in [4.69, 9.17) is 21.1 Å². The van der Waals surface area contributed by atoms with Crippen molar-refractivity contribution >= 4 is 39.3 Å². The number of halogens is 2. The zero-order valence-corrected chi connectivity index (χ0v) is 20.8. The van der Waals surface area contributed by atoms with E-state index in [1.807, 2.05) is 36.4 Å². The molecule has 1 unspecified atom stereocenters. The summed E-state index contributed by atoms with van der Waals surface area (Å²) in [6.07, 6.45) is 4.25. The van der Waals surface area contributed by atoms with Crippen molar-refractivity contribution in [3.63, 3.8) is 0 Å². The first-order chi connectivity index (χ1) is 15.5. The fourth-order valence-electron chi connectivity index (χ4n) is 4.59. The minimum absolute atomic E-state index is 0.264. The van der Waals surface area contributed by atoms with Gasteiger partial charge in [0.05, 0.1) is 13.7 Å². The molecule has 32 heavy (non-hydrogen) atoms. The Labute approximate surface area is 203 Å². The number of piperidine rings is 1. The second-order valence-electron chi connectivity index (χ2n) is 8.77. The van der Waals surface area contributed by atoms with E-state index in [2.05, 4.69) is 26.9 Å². The third-order valence-corrected chi connectivity index (χ3v) is 7.57. The number of hydrogen-bond donors (Lipinski definition) is 0. The summed E-state index contributed by atoms with van der Waals surface area (Å²) < 4.78 is 11.8. The molecule has 1 amide bonds. The minimum Gasteiger partial charge on any atom is -0.497 e. The van der Waals surface area contributed by atoms with E-state index in [0.29, 0.717) is 25.0 Å². The van der Waals surface area contributed by atoms with Crippen molar-refractivity contribution in [2.24, 2.45) is 11.8 Å². The highest BCUT2D eigenvalue weighted by molar-refractivity contribution is 9.10. The zero-order chi connectivity index (χ0) is 22.5. The summed E-state index contributed by atoms with van der Waals surface area (Å²) in [5.74, 6) is 1.82. The zero-order valence-electron chi connectivity index (χ0n) is 18.4. The summed E-state index contributed by atoms with van der Waals surface area (Å²) in [7, 11) is 1.64. The molecule has 0 saturated carbocycles. The van der Waals surface area contributed by atoms with Crippen molar-refractivity contribution in [3.8, 4) is 5.75 Å². The maximum absolute atomic E-state index is 12.3. The van der Waals surface area contributed by atoms with Crippen LogP contribution in [0.1, 0.15) is 24.8 Å². The molecule has 0 aliphatic carbocycles. The molecular formula is C25H30BrClN2O3. The standard InChI is InChI=1S/C25H30BrClN2O3/c1-31-23-5-3-22(4-6-23)29-16-19(17-32-25(29)30)10-13-28-11-8-18(9-12-28)14-20-15-21(27)2-7-24(20)26/h2-7,15,18-19H,8-14,16-17H2,1H3. The molecule has 0 spiro atoms. The second kappa shape index (κ2) is 10.9. The summed E-state index contributed by atoms with van der Waals surface area (Å²) in [5.41, 5.74) is 2.16. The first kappa shape index (κ1) is 23.4. The molecule has 0 bridgehead atoms. The molecule has 2 fully saturated rings. The largest absolute Gasteiger partial charge is 0.497 e. The van der Waals surface area contributed by atoms with Crippen molar-refractivity contribution in [1.29, 1.82) is 0 Å². The number of hydrogen-bond acceptors (Lipinski definition) is 4. The number of nitrogens with zero attached hydrogens (tertiary/aromatic N) is 2. The molecule has 7 heteroatoms. The summed E-state index contributed by atoms with van der Waals surface area (Å²) in [4.78, 5) is 16.6. The molecule has 0 aromatic heterocycles. The van der Waals surface area contributed by atoms with Crippen LogP contribution in [0.3, 0.4) is 0 Å². The Morgan fingerprint density at radius 1 is 1.12 bits per heavy atom. The average molecular weight is 522 g/mol. The molecule has 5 nitrogen and oxygen atoms in total. The molecule has 2 heterocycles. The van der Waals surface area contributed by atoms with Gasteiger partial charge in [-0.05, 0) is 99.3 Å². The van der Waals surface area contributed by atoms with Crippen LogP contribution in [0.5, 0.6) is 5.75 Å². The number of likely N-dealkylation sites (tertiary alicyclic amines) is 1. The summed E-state index contributed by atoms with van der Waals surface area (Å²) in [6.45, 7) is 4.50. The van der Waals surface area contributed by atoms with Gasteiger partial charge in [-0.1, -0.05) is 27.5 Å². The third-order valence-electron chi connectivity index (χ3n) is 6.56. The monoisotopic (exact) mass is 520 g/mol. The molecule has 2 saturated heterocycles. The van der Waals surface area contributed by atoms with E-state index in [1.165, 1.54) is 18.4 Å². The van der Waals surface area contributed by atoms with Gasteiger partial charge < -0.3 is 14.4 Å². The van der Waals surface area contributed by atoms with Gasteiger partial charge in [-0.15, -0.1) is 0 Å². The number of benzene rings is 2. The normalized spacial score (nSPS) is 20.3. The van der Waals surface area contributed by atoms with Gasteiger partial charge in [-0.3, -0.25) is 4.90 Å². The van der Waals surface area contributed by atoms with Gasteiger partial charge in [-0.2, -0.15) is 0 Å². The molecule has 0 N–H and O–H groups in total. The van der Waals surface area contributed by atoms with Crippen LogP contribution in [0.2, 0.25) is 5.02 Å². The van der Waals surface area contributed by atoms with Gasteiger partial charge in [0.25, 0.3) is 0 Å². The quantitative estimate of drug-likeness (QED) is 0.446. The van der Waals surface area contributed by atoms with Crippen LogP contribution >= 0.6 is 27.5 Å². The number of carbonyl (C=O) groups excluding carboxylic acids is 1. The van der Waals surface area contributed by atoms with Crippen molar-refractivity contribution in [1.82, 2.24) is 4.90 Å². The lowest BCUT2D eigenvalue weighted by Gasteiger charge is -2.35. The number of anilines is 1. The van der Waals surface area contributed by atoms with E-state index in [-0.39, 0.29) is 6.09 Å². The predicted octanol–water partition coefficient (Wildman–Crippen LogP) is 6.03. The topological polar surface area (TPSA) is 42.0 Å². The summed E-state index contributed by atoms with van der Waals surface area (Å²) in [5, 5.41) is 0.803. The van der Waals surface area contributed by atoms with Gasteiger partial charge in [-0.25, -0.2) is 4.79 Å². The third kappa shape index (κ3) is 5.97. The van der Waals surface area contributed by atoms with Crippen LogP contribution in [-0.2, 0) is 11.2 Å². The summed E-state index contributed by atoms with van der Waals surface area (Å²) in [6, 6.07) is 13.6. The van der Waals surface area contributed by atoms with Crippen molar-refractivity contribution in [3.05, 3.63) is 57.5 Å². The van der Waals surface area contributed by atoms with Gasteiger partial charge in [0.1, 0.15) is 5.75 Å². The number of methoxy groups -OCH3 is 1. The average Bonchev–Trinajstić information content (AvgIpc) is 2.82. The molecule has 172 valence electrons. The molecule has 2 aromatic carbocycles. The Morgan fingerprint density at radius 3 is 2.59 bits per heavy atom. The molecule has 2 aliphatic rings. The molecular weight excluding hydrogens is 492 g/mol. The number of amides is 1. The molecule has 1 atom stereocenters. The van der Waals surface area contributed by atoms with Crippen molar-refractivity contribution in [2.75, 3.05) is 44.8 Å². The first-order valence-electron chi connectivity index (χ1n) is 11.3. The van der Waals surface area contributed by atoms with Gasteiger partial charge >= 0.3 is 6.09 Å². The van der Waals surface area contributed by atoms with Gasteiger partial charge in [0.15, 0.2) is 0 Å². The highest BCUT2D eigenvalue weighted by Gasteiger charge is 2.29. The molecule has 4 rings (SSSR count). The Morgan fingerprint density at radius 2 is 1.88 bits per heavy atom. The molecule has 0 radical (unpaired) electrons. The fraction of sp³-hybridized carbons (Fsp3) is 0.480. The first-order valence-corrected chi connectivity index (χ1v) is 12.4. The smallest absolute Gasteiger partial charge is 0.414 e. The Hall–Kier alpha value is -1.76. The number of cyclic esters (lactones) is 1.